The Bertz CT molecular complexity index is 613. The first-order valence-electron chi connectivity index (χ1n) is 5.76. The summed E-state index contributed by atoms with van der Waals surface area (Å²) < 4.78 is 35.7. The molecule has 19 heavy (non-hydrogen) atoms. The number of hydrogen-bond acceptors (Lipinski definition) is 4. The number of nitrogens with one attached hydrogen (secondary N) is 1. The zero-order valence-electron chi connectivity index (χ0n) is 10.0. The molecule has 7 heteroatoms. The molecule has 0 aromatic heterocycles. The van der Waals surface area contributed by atoms with Gasteiger partial charge in [0.25, 0.3) is 0 Å². The van der Waals surface area contributed by atoms with Gasteiger partial charge >= 0.3 is 0 Å². The second-order valence-electron chi connectivity index (χ2n) is 4.36. The third-order valence-electron chi connectivity index (χ3n) is 2.89. The number of rotatable bonds is 3. The van der Waals surface area contributed by atoms with Crippen molar-refractivity contribution in [2.45, 2.75) is 6.42 Å². The SMILES string of the molecule is O=C(N/N=C\c1ccccc1F)[C@@H]1CCS(=O)(=O)C1. The van der Waals surface area contributed by atoms with Gasteiger partial charge in [0.1, 0.15) is 5.82 Å². The standard InChI is InChI=1S/C12H13FN2O3S/c13-11-4-2-1-3-9(11)7-14-15-12(16)10-5-6-19(17,18)8-10/h1-4,7,10H,5-6,8H2,(H,15,16)/b14-7-/t10-/m1/s1. The Labute approximate surface area is 110 Å². The molecule has 2 rings (SSSR count). The zero-order chi connectivity index (χ0) is 13.9. The number of carbonyl (C=O) groups is 1. The van der Waals surface area contributed by atoms with Crippen LogP contribution in [0.1, 0.15) is 12.0 Å². The molecule has 0 spiro atoms. The number of amides is 1. The Balaban J connectivity index is 1.93. The van der Waals surface area contributed by atoms with Gasteiger partial charge < -0.3 is 0 Å². The number of nitrogens with zero attached hydrogens (tertiary/aromatic N) is 1. The van der Waals surface area contributed by atoms with Crippen LogP contribution in [0.5, 0.6) is 0 Å². The highest BCUT2D eigenvalue weighted by atomic mass is 32.2. The monoisotopic (exact) mass is 284 g/mol. The van der Waals surface area contributed by atoms with Crippen LogP contribution in [0.15, 0.2) is 29.4 Å². The van der Waals surface area contributed by atoms with Gasteiger partial charge in [0.05, 0.1) is 23.6 Å². The number of carbonyl (C=O) groups excluding carboxylic acids is 1. The normalized spacial score (nSPS) is 21.6. The van der Waals surface area contributed by atoms with Gasteiger partial charge in [0.15, 0.2) is 9.84 Å². The summed E-state index contributed by atoms with van der Waals surface area (Å²) >= 11 is 0. The molecule has 1 saturated heterocycles. The maximum Gasteiger partial charge on any atom is 0.244 e. The molecule has 1 aromatic carbocycles. The van der Waals surface area contributed by atoms with Gasteiger partial charge in [-0.25, -0.2) is 18.2 Å². The van der Waals surface area contributed by atoms with Crippen molar-refractivity contribution in [3.05, 3.63) is 35.6 Å². The Morgan fingerprint density at radius 3 is 2.79 bits per heavy atom. The quantitative estimate of drug-likeness (QED) is 0.656. The molecule has 1 amide bonds. The molecule has 0 radical (unpaired) electrons. The van der Waals surface area contributed by atoms with Gasteiger partial charge in [-0.3, -0.25) is 4.79 Å². The highest BCUT2D eigenvalue weighted by Gasteiger charge is 2.32. The molecule has 0 bridgehead atoms. The van der Waals surface area contributed by atoms with E-state index in [1.54, 1.807) is 12.1 Å². The van der Waals surface area contributed by atoms with Crippen LogP contribution in [-0.4, -0.2) is 32.0 Å². The third kappa shape index (κ3) is 3.60. The minimum Gasteiger partial charge on any atom is -0.273 e. The van der Waals surface area contributed by atoms with Crippen LogP contribution in [0.3, 0.4) is 0 Å². The lowest BCUT2D eigenvalue weighted by atomic mass is 10.1. The molecule has 1 aliphatic rings. The number of hydrazone groups is 1. The molecule has 5 nitrogen and oxygen atoms in total. The largest absolute Gasteiger partial charge is 0.273 e. The van der Waals surface area contributed by atoms with Crippen molar-refractivity contribution in [2.24, 2.45) is 11.0 Å². The first kappa shape index (κ1) is 13.7. The summed E-state index contributed by atoms with van der Waals surface area (Å²) in [5.41, 5.74) is 2.49. The fourth-order valence-electron chi connectivity index (χ4n) is 1.84. The summed E-state index contributed by atoms with van der Waals surface area (Å²) in [6.07, 6.45) is 1.50. The molecule has 0 saturated carbocycles. The molecule has 1 aromatic rings. The van der Waals surface area contributed by atoms with E-state index in [0.717, 1.165) is 0 Å². The average molecular weight is 284 g/mol. The van der Waals surface area contributed by atoms with Crippen LogP contribution in [0.2, 0.25) is 0 Å². The van der Waals surface area contributed by atoms with Gasteiger partial charge in [-0.2, -0.15) is 5.10 Å². The van der Waals surface area contributed by atoms with E-state index in [2.05, 4.69) is 10.5 Å². The molecule has 1 aliphatic heterocycles. The van der Waals surface area contributed by atoms with Crippen molar-refractivity contribution in [3.8, 4) is 0 Å². The molecule has 0 unspecified atom stereocenters. The van der Waals surface area contributed by atoms with Gasteiger partial charge in [0, 0.05) is 5.56 Å². The Kier molecular flexibility index (Phi) is 3.94. The van der Waals surface area contributed by atoms with Crippen LogP contribution in [0.4, 0.5) is 4.39 Å². The van der Waals surface area contributed by atoms with Crippen molar-refractivity contribution in [2.75, 3.05) is 11.5 Å². The topological polar surface area (TPSA) is 75.6 Å². The Morgan fingerprint density at radius 2 is 2.16 bits per heavy atom. The fraction of sp³-hybridized carbons (Fsp3) is 0.333. The summed E-state index contributed by atoms with van der Waals surface area (Å²) in [5.74, 6) is -1.57. The number of halogens is 1. The first-order chi connectivity index (χ1) is 8.98. The molecule has 102 valence electrons. The number of hydrogen-bond donors (Lipinski definition) is 1. The Morgan fingerprint density at radius 1 is 1.42 bits per heavy atom. The van der Waals surface area contributed by atoms with Gasteiger partial charge in [-0.1, -0.05) is 18.2 Å². The summed E-state index contributed by atoms with van der Waals surface area (Å²) in [6, 6.07) is 6.00. The van der Waals surface area contributed by atoms with Crippen molar-refractivity contribution in [1.29, 1.82) is 0 Å². The lowest BCUT2D eigenvalue weighted by molar-refractivity contribution is -0.124. The third-order valence-corrected chi connectivity index (χ3v) is 4.65. The smallest absolute Gasteiger partial charge is 0.244 e. The van der Waals surface area contributed by atoms with E-state index >= 15 is 0 Å². The van der Waals surface area contributed by atoms with E-state index in [0.29, 0.717) is 6.42 Å². The molecular formula is C12H13FN2O3S. The molecule has 1 N–H and O–H groups in total. The summed E-state index contributed by atoms with van der Waals surface area (Å²) in [7, 11) is -3.10. The fourth-order valence-corrected chi connectivity index (χ4v) is 3.58. The maximum atomic E-state index is 13.2. The second kappa shape index (κ2) is 5.48. The number of benzene rings is 1. The van der Waals surface area contributed by atoms with E-state index in [1.165, 1.54) is 18.3 Å². The van der Waals surface area contributed by atoms with E-state index in [4.69, 9.17) is 0 Å². The van der Waals surface area contributed by atoms with Crippen LogP contribution in [0.25, 0.3) is 0 Å². The summed E-state index contributed by atoms with van der Waals surface area (Å²) in [5, 5.41) is 3.64. The summed E-state index contributed by atoms with van der Waals surface area (Å²) in [4.78, 5) is 11.6. The highest BCUT2D eigenvalue weighted by molar-refractivity contribution is 7.91. The minimum atomic E-state index is -3.10. The molecule has 1 atom stereocenters. The van der Waals surface area contributed by atoms with Crippen molar-refractivity contribution in [1.82, 2.24) is 5.43 Å². The van der Waals surface area contributed by atoms with E-state index in [9.17, 15) is 17.6 Å². The maximum absolute atomic E-state index is 13.2. The van der Waals surface area contributed by atoms with Crippen LogP contribution in [0, 0.1) is 11.7 Å². The number of sulfone groups is 1. The molecule has 0 aliphatic carbocycles. The Hall–Kier alpha value is -1.76. The summed E-state index contributed by atoms with van der Waals surface area (Å²) in [6.45, 7) is 0. The first-order valence-corrected chi connectivity index (χ1v) is 7.58. The van der Waals surface area contributed by atoms with E-state index in [1.807, 2.05) is 0 Å². The lowest BCUT2D eigenvalue weighted by Crippen LogP contribution is -2.27. The van der Waals surface area contributed by atoms with Gasteiger partial charge in [-0.15, -0.1) is 0 Å². The van der Waals surface area contributed by atoms with E-state index < -0.39 is 27.5 Å². The van der Waals surface area contributed by atoms with Gasteiger partial charge in [-0.05, 0) is 12.5 Å². The molecular weight excluding hydrogens is 271 g/mol. The second-order valence-corrected chi connectivity index (χ2v) is 6.58. The van der Waals surface area contributed by atoms with Gasteiger partial charge in [0.2, 0.25) is 5.91 Å². The van der Waals surface area contributed by atoms with Crippen molar-refractivity contribution < 1.29 is 17.6 Å². The molecule has 1 heterocycles. The predicted octanol–water partition coefficient (Wildman–Crippen LogP) is 0.710. The van der Waals surface area contributed by atoms with Crippen molar-refractivity contribution >= 4 is 22.0 Å². The highest BCUT2D eigenvalue weighted by Crippen LogP contribution is 2.18. The predicted molar refractivity (Wildman–Crippen MR) is 68.9 cm³/mol. The van der Waals surface area contributed by atoms with E-state index in [-0.39, 0.29) is 17.1 Å². The zero-order valence-corrected chi connectivity index (χ0v) is 10.9. The lowest BCUT2D eigenvalue weighted by Gasteiger charge is -2.04. The average Bonchev–Trinajstić information content (AvgIpc) is 2.72. The van der Waals surface area contributed by atoms with Crippen LogP contribution < -0.4 is 5.43 Å². The van der Waals surface area contributed by atoms with Crippen LogP contribution >= 0.6 is 0 Å². The minimum absolute atomic E-state index is 0.0299. The van der Waals surface area contributed by atoms with Crippen LogP contribution in [-0.2, 0) is 14.6 Å². The molecule has 1 fully saturated rings. The van der Waals surface area contributed by atoms with Crippen molar-refractivity contribution in [3.63, 3.8) is 0 Å².